The zero-order valence-electron chi connectivity index (χ0n) is 11.5. The first-order valence-electron chi connectivity index (χ1n) is 6.83. The van der Waals surface area contributed by atoms with Gasteiger partial charge in [0.05, 0.1) is 12.2 Å². The van der Waals surface area contributed by atoms with Gasteiger partial charge < -0.3 is 11.1 Å². The molecule has 3 rings (SSSR count). The van der Waals surface area contributed by atoms with Crippen LogP contribution in [0.4, 0.5) is 0 Å². The summed E-state index contributed by atoms with van der Waals surface area (Å²) >= 11 is 0. The first-order chi connectivity index (χ1) is 10.1. The topological polar surface area (TPSA) is 90.0 Å². The molecule has 0 radical (unpaired) electrons. The Morgan fingerprint density at radius 1 is 1.33 bits per heavy atom. The summed E-state index contributed by atoms with van der Waals surface area (Å²) in [5, 5.41) is 7.66. The van der Waals surface area contributed by atoms with Crippen molar-refractivity contribution in [2.45, 2.75) is 19.5 Å². The third kappa shape index (κ3) is 2.85. The number of aromatic nitrogens is 2. The largest absolute Gasteiger partial charge is 0.366 e. The molecule has 0 bridgehead atoms. The van der Waals surface area contributed by atoms with E-state index in [1.54, 1.807) is 30.3 Å². The molecule has 0 atom stereocenters. The predicted octanol–water partition coefficient (Wildman–Crippen LogP) is 0.0362. The summed E-state index contributed by atoms with van der Waals surface area (Å²) in [6.45, 7) is 1.97. The highest BCUT2D eigenvalue weighted by atomic mass is 16.1. The van der Waals surface area contributed by atoms with E-state index in [-0.39, 0.29) is 5.56 Å². The van der Waals surface area contributed by atoms with Crippen molar-refractivity contribution in [3.8, 4) is 0 Å². The van der Waals surface area contributed by atoms with Crippen LogP contribution in [0.15, 0.2) is 35.1 Å². The Kier molecular flexibility index (Phi) is 3.53. The molecule has 108 valence electrons. The minimum atomic E-state index is -0.460. The number of fused-ring (bicyclic) bond motifs is 1. The maximum atomic E-state index is 12.1. The van der Waals surface area contributed by atoms with E-state index >= 15 is 0 Å². The van der Waals surface area contributed by atoms with E-state index in [9.17, 15) is 9.59 Å². The molecule has 2 aromatic rings. The third-order valence-corrected chi connectivity index (χ3v) is 3.59. The van der Waals surface area contributed by atoms with Crippen LogP contribution < -0.4 is 16.6 Å². The monoisotopic (exact) mass is 284 g/mol. The minimum Gasteiger partial charge on any atom is -0.366 e. The first-order valence-corrected chi connectivity index (χ1v) is 6.83. The summed E-state index contributed by atoms with van der Waals surface area (Å²) in [5.74, 6) is -0.460. The summed E-state index contributed by atoms with van der Waals surface area (Å²) in [7, 11) is 0. The fraction of sp³-hybridized carbons (Fsp3) is 0.267. The van der Waals surface area contributed by atoms with Crippen molar-refractivity contribution in [2.75, 3.05) is 6.54 Å². The molecule has 0 unspecified atom stereocenters. The van der Waals surface area contributed by atoms with Gasteiger partial charge in [0.2, 0.25) is 5.91 Å². The van der Waals surface area contributed by atoms with Crippen LogP contribution in [0.3, 0.4) is 0 Å². The fourth-order valence-electron chi connectivity index (χ4n) is 2.42. The van der Waals surface area contributed by atoms with Crippen LogP contribution in [0.5, 0.6) is 0 Å². The number of amides is 1. The summed E-state index contributed by atoms with van der Waals surface area (Å²) in [4.78, 5) is 23.1. The highest BCUT2D eigenvalue weighted by Crippen LogP contribution is 2.09. The predicted molar refractivity (Wildman–Crippen MR) is 78.0 cm³/mol. The second kappa shape index (κ2) is 5.49. The lowest BCUT2D eigenvalue weighted by Crippen LogP contribution is -2.31. The molecular weight excluding hydrogens is 268 g/mol. The molecule has 0 aliphatic carbocycles. The van der Waals surface area contributed by atoms with Gasteiger partial charge in [0.25, 0.3) is 5.56 Å². The Bertz CT molecular complexity index is 734. The van der Waals surface area contributed by atoms with E-state index in [4.69, 9.17) is 5.73 Å². The van der Waals surface area contributed by atoms with Crippen LogP contribution in [0.2, 0.25) is 0 Å². The van der Waals surface area contributed by atoms with Crippen molar-refractivity contribution in [3.63, 3.8) is 0 Å². The van der Waals surface area contributed by atoms with Crippen LogP contribution in [-0.4, -0.2) is 22.2 Å². The normalized spacial score (nSPS) is 13.7. The molecule has 0 saturated carbocycles. The van der Waals surface area contributed by atoms with E-state index in [2.05, 4.69) is 10.4 Å². The molecule has 1 aromatic heterocycles. The molecule has 6 heteroatoms. The summed E-state index contributed by atoms with van der Waals surface area (Å²) in [6.07, 6.45) is 0.830. The zero-order valence-corrected chi connectivity index (χ0v) is 11.5. The Morgan fingerprint density at radius 2 is 2.10 bits per heavy atom. The van der Waals surface area contributed by atoms with E-state index in [0.29, 0.717) is 18.7 Å². The lowest BCUT2D eigenvalue weighted by Gasteiger charge is -2.17. The Labute approximate surface area is 121 Å². The van der Waals surface area contributed by atoms with E-state index in [1.807, 2.05) is 0 Å². The van der Waals surface area contributed by atoms with Gasteiger partial charge in [-0.05, 0) is 23.3 Å². The first kappa shape index (κ1) is 13.5. The summed E-state index contributed by atoms with van der Waals surface area (Å²) in [6, 6.07) is 8.53. The Hall–Kier alpha value is -2.47. The van der Waals surface area contributed by atoms with Crippen molar-refractivity contribution < 1.29 is 4.79 Å². The molecule has 0 fully saturated rings. The van der Waals surface area contributed by atoms with Crippen molar-refractivity contribution in [1.29, 1.82) is 0 Å². The van der Waals surface area contributed by atoms with E-state index < -0.39 is 5.91 Å². The van der Waals surface area contributed by atoms with Crippen LogP contribution in [0.25, 0.3) is 0 Å². The smallest absolute Gasteiger partial charge is 0.267 e. The van der Waals surface area contributed by atoms with Crippen LogP contribution in [0.1, 0.15) is 27.2 Å². The zero-order chi connectivity index (χ0) is 14.8. The van der Waals surface area contributed by atoms with Gasteiger partial charge in [0.1, 0.15) is 0 Å². The number of carbonyl (C=O) groups excluding carboxylic acids is 1. The summed E-state index contributed by atoms with van der Waals surface area (Å²) in [5.41, 5.74) is 8.40. The maximum absolute atomic E-state index is 12.1. The average Bonchev–Trinajstić information content (AvgIpc) is 2.48. The van der Waals surface area contributed by atoms with E-state index in [1.165, 1.54) is 4.68 Å². The van der Waals surface area contributed by atoms with Gasteiger partial charge in [0, 0.05) is 31.1 Å². The van der Waals surface area contributed by atoms with Crippen LogP contribution in [0, 0.1) is 0 Å². The molecule has 2 heterocycles. The molecule has 1 aliphatic rings. The Morgan fingerprint density at radius 3 is 2.81 bits per heavy atom. The minimum absolute atomic E-state index is 0.114. The quantitative estimate of drug-likeness (QED) is 0.832. The lowest BCUT2D eigenvalue weighted by molar-refractivity contribution is 0.100. The number of nitrogens with one attached hydrogen (secondary N) is 1. The van der Waals surface area contributed by atoms with Gasteiger partial charge >= 0.3 is 0 Å². The maximum Gasteiger partial charge on any atom is 0.267 e. The number of nitrogens with zero attached hydrogens (tertiary/aromatic N) is 2. The fourth-order valence-corrected chi connectivity index (χ4v) is 2.42. The van der Waals surface area contributed by atoms with Gasteiger partial charge in [-0.2, -0.15) is 5.10 Å². The van der Waals surface area contributed by atoms with Gasteiger partial charge in [-0.15, -0.1) is 0 Å². The van der Waals surface area contributed by atoms with Crippen molar-refractivity contribution in [2.24, 2.45) is 5.73 Å². The highest BCUT2D eigenvalue weighted by molar-refractivity contribution is 5.92. The van der Waals surface area contributed by atoms with Crippen molar-refractivity contribution in [3.05, 3.63) is 63.1 Å². The van der Waals surface area contributed by atoms with Crippen molar-refractivity contribution >= 4 is 5.91 Å². The average molecular weight is 284 g/mol. The molecule has 21 heavy (non-hydrogen) atoms. The molecular formula is C15H16N4O2. The number of nitrogens with two attached hydrogens (primary N) is 1. The molecule has 0 saturated heterocycles. The second-order valence-electron chi connectivity index (χ2n) is 5.10. The van der Waals surface area contributed by atoms with Crippen LogP contribution in [-0.2, 0) is 19.5 Å². The Balaban J connectivity index is 1.87. The number of rotatable bonds is 3. The number of hydrogen-bond donors (Lipinski definition) is 2. The lowest BCUT2D eigenvalue weighted by atomic mass is 10.1. The molecule has 1 amide bonds. The number of primary amides is 1. The van der Waals surface area contributed by atoms with Crippen molar-refractivity contribution in [1.82, 2.24) is 15.1 Å². The second-order valence-corrected chi connectivity index (χ2v) is 5.10. The molecule has 0 spiro atoms. The number of carbonyl (C=O) groups is 1. The van der Waals surface area contributed by atoms with Gasteiger partial charge in [-0.1, -0.05) is 12.1 Å². The molecule has 6 nitrogen and oxygen atoms in total. The molecule has 1 aliphatic heterocycles. The standard InChI is InChI=1S/C15H16N4O2/c16-15(21)11-3-1-10(2-4-11)9-19-14(20)7-12-8-17-6-5-13(12)18-19/h1-4,7,17H,5-6,8-9H2,(H2,16,21). The van der Waals surface area contributed by atoms with Gasteiger partial charge in [-0.3, -0.25) is 9.59 Å². The molecule has 1 aromatic carbocycles. The van der Waals surface area contributed by atoms with Crippen LogP contribution >= 0.6 is 0 Å². The molecule has 3 N–H and O–H groups in total. The summed E-state index contributed by atoms with van der Waals surface area (Å²) < 4.78 is 1.46. The van der Waals surface area contributed by atoms with Gasteiger partial charge in [-0.25, -0.2) is 4.68 Å². The highest BCUT2D eigenvalue weighted by Gasteiger charge is 2.13. The SMILES string of the molecule is NC(=O)c1ccc(Cn2nc3c(cc2=O)CNCC3)cc1. The number of hydrogen-bond acceptors (Lipinski definition) is 4. The number of benzene rings is 1. The van der Waals surface area contributed by atoms with Gasteiger partial charge in [0.15, 0.2) is 0 Å². The van der Waals surface area contributed by atoms with E-state index in [0.717, 1.165) is 29.8 Å². The third-order valence-electron chi connectivity index (χ3n) is 3.59.